The Morgan fingerprint density at radius 2 is 1.83 bits per heavy atom. The predicted octanol–water partition coefficient (Wildman–Crippen LogP) is 2.77. The van der Waals surface area contributed by atoms with Gasteiger partial charge < -0.3 is 10.2 Å². The van der Waals surface area contributed by atoms with Gasteiger partial charge in [-0.2, -0.15) is 0 Å². The molecule has 1 aromatic rings. The van der Waals surface area contributed by atoms with E-state index in [2.05, 4.69) is 29.6 Å². The van der Waals surface area contributed by atoms with Crippen molar-refractivity contribution in [3.8, 4) is 0 Å². The van der Waals surface area contributed by atoms with Gasteiger partial charge in [-0.1, -0.05) is 43.2 Å². The van der Waals surface area contributed by atoms with Crippen LogP contribution in [0.1, 0.15) is 31.2 Å². The van der Waals surface area contributed by atoms with Crippen LogP contribution in [0.3, 0.4) is 0 Å². The fourth-order valence-corrected chi connectivity index (χ4v) is 2.81. The summed E-state index contributed by atoms with van der Waals surface area (Å²) in [6.45, 7) is 0.744. The van der Waals surface area contributed by atoms with Crippen LogP contribution in [0.5, 0.6) is 0 Å². The van der Waals surface area contributed by atoms with Crippen LogP contribution in [-0.4, -0.2) is 31.6 Å². The van der Waals surface area contributed by atoms with Crippen LogP contribution in [0.4, 0.5) is 4.79 Å². The van der Waals surface area contributed by atoms with Gasteiger partial charge in [0.05, 0.1) is 0 Å². The third kappa shape index (κ3) is 2.66. The van der Waals surface area contributed by atoms with Crippen LogP contribution in [0.15, 0.2) is 30.3 Å². The topological polar surface area (TPSA) is 32.3 Å². The molecule has 1 N–H and O–H groups in total. The summed E-state index contributed by atoms with van der Waals surface area (Å²) in [5, 5.41) is 3.05. The number of carbonyl (C=O) groups excluding carboxylic acids is 1. The summed E-state index contributed by atoms with van der Waals surface area (Å²) in [5.41, 5.74) is 1.51. The number of hydrogen-bond acceptors (Lipinski definition) is 1. The lowest BCUT2D eigenvalue weighted by Crippen LogP contribution is -2.43. The van der Waals surface area contributed by atoms with Crippen LogP contribution in [0, 0.1) is 0 Å². The molecule has 2 amide bonds. The summed E-state index contributed by atoms with van der Waals surface area (Å²) in [5.74, 6) is 0. The van der Waals surface area contributed by atoms with E-state index in [4.69, 9.17) is 0 Å². The van der Waals surface area contributed by atoms with Crippen LogP contribution in [0.2, 0.25) is 0 Å². The molecule has 3 nitrogen and oxygen atoms in total. The van der Waals surface area contributed by atoms with Crippen LogP contribution < -0.4 is 5.32 Å². The standard InChI is InChI=1S/C15H22N2O/c1-17(2)14(18)16-12-15(10-6-7-11-15)13-8-4-3-5-9-13/h3-5,8-9H,6-7,10-12H2,1-2H3,(H,16,18). The molecule has 0 radical (unpaired) electrons. The van der Waals surface area contributed by atoms with Crippen molar-refractivity contribution in [1.82, 2.24) is 10.2 Å². The van der Waals surface area contributed by atoms with E-state index in [1.807, 2.05) is 6.07 Å². The van der Waals surface area contributed by atoms with Gasteiger partial charge in [-0.3, -0.25) is 0 Å². The number of rotatable bonds is 3. The van der Waals surface area contributed by atoms with Crippen LogP contribution in [-0.2, 0) is 5.41 Å². The van der Waals surface area contributed by atoms with Gasteiger partial charge in [0.1, 0.15) is 0 Å². The van der Waals surface area contributed by atoms with Gasteiger partial charge in [0.25, 0.3) is 0 Å². The van der Waals surface area contributed by atoms with Crippen LogP contribution >= 0.6 is 0 Å². The predicted molar refractivity (Wildman–Crippen MR) is 73.7 cm³/mol. The number of hydrogen-bond donors (Lipinski definition) is 1. The van der Waals surface area contributed by atoms with E-state index < -0.39 is 0 Å². The fraction of sp³-hybridized carbons (Fsp3) is 0.533. The van der Waals surface area contributed by atoms with Crippen molar-refractivity contribution in [2.24, 2.45) is 0 Å². The Balaban J connectivity index is 2.11. The zero-order valence-corrected chi connectivity index (χ0v) is 11.3. The van der Waals surface area contributed by atoms with Crippen molar-refractivity contribution in [2.75, 3.05) is 20.6 Å². The van der Waals surface area contributed by atoms with Gasteiger partial charge in [-0.25, -0.2) is 4.79 Å². The van der Waals surface area contributed by atoms with E-state index in [0.29, 0.717) is 0 Å². The minimum Gasteiger partial charge on any atom is -0.337 e. The van der Waals surface area contributed by atoms with Crippen molar-refractivity contribution in [3.05, 3.63) is 35.9 Å². The van der Waals surface area contributed by atoms with Crippen LogP contribution in [0.25, 0.3) is 0 Å². The van der Waals surface area contributed by atoms with E-state index in [0.717, 1.165) is 6.54 Å². The molecule has 0 bridgehead atoms. The number of amides is 2. The molecule has 0 aromatic heterocycles. The highest BCUT2D eigenvalue weighted by Crippen LogP contribution is 2.40. The summed E-state index contributed by atoms with van der Waals surface area (Å²) >= 11 is 0. The van der Waals surface area contributed by atoms with Gasteiger partial charge in [0.15, 0.2) is 0 Å². The lowest BCUT2D eigenvalue weighted by Gasteiger charge is -2.30. The summed E-state index contributed by atoms with van der Waals surface area (Å²) < 4.78 is 0. The molecule has 0 aliphatic heterocycles. The number of nitrogens with zero attached hydrogens (tertiary/aromatic N) is 1. The van der Waals surface area contributed by atoms with Crippen molar-refractivity contribution >= 4 is 6.03 Å². The third-order valence-corrected chi connectivity index (χ3v) is 3.93. The lowest BCUT2D eigenvalue weighted by atomic mass is 9.79. The van der Waals surface area contributed by atoms with Gasteiger partial charge in [-0.15, -0.1) is 0 Å². The first-order valence-electron chi connectivity index (χ1n) is 6.65. The summed E-state index contributed by atoms with van der Waals surface area (Å²) in [6.07, 6.45) is 4.86. The second-order valence-corrected chi connectivity index (χ2v) is 5.41. The molecule has 0 saturated heterocycles. The SMILES string of the molecule is CN(C)C(=O)NCC1(c2ccccc2)CCCC1. The number of carbonyl (C=O) groups is 1. The second-order valence-electron chi connectivity index (χ2n) is 5.41. The monoisotopic (exact) mass is 246 g/mol. The van der Waals surface area contributed by atoms with Crippen molar-refractivity contribution < 1.29 is 4.79 Å². The Bertz CT molecular complexity index is 394. The maximum absolute atomic E-state index is 11.7. The zero-order chi connectivity index (χ0) is 13.0. The van der Waals surface area contributed by atoms with Gasteiger partial charge in [0, 0.05) is 26.1 Å². The molecular weight excluding hydrogens is 224 g/mol. The van der Waals surface area contributed by atoms with E-state index in [9.17, 15) is 4.79 Å². The maximum Gasteiger partial charge on any atom is 0.316 e. The minimum atomic E-state index is -0.00259. The largest absolute Gasteiger partial charge is 0.337 e. The zero-order valence-electron chi connectivity index (χ0n) is 11.3. The van der Waals surface area contributed by atoms with Crippen molar-refractivity contribution in [3.63, 3.8) is 0 Å². The van der Waals surface area contributed by atoms with E-state index in [-0.39, 0.29) is 11.4 Å². The molecule has 2 rings (SSSR count). The van der Waals surface area contributed by atoms with Crippen molar-refractivity contribution in [1.29, 1.82) is 0 Å². The average Bonchev–Trinajstić information content (AvgIpc) is 2.87. The molecule has 1 saturated carbocycles. The quantitative estimate of drug-likeness (QED) is 0.874. The van der Waals surface area contributed by atoms with Crippen molar-refractivity contribution in [2.45, 2.75) is 31.1 Å². The molecule has 0 atom stereocenters. The molecule has 0 spiro atoms. The first kappa shape index (κ1) is 12.9. The average molecular weight is 246 g/mol. The summed E-state index contributed by atoms with van der Waals surface area (Å²) in [4.78, 5) is 13.3. The molecular formula is C15H22N2O. The first-order chi connectivity index (χ1) is 8.64. The van der Waals surface area contributed by atoms with E-state index >= 15 is 0 Å². The van der Waals surface area contributed by atoms with Gasteiger partial charge >= 0.3 is 6.03 Å². The minimum absolute atomic E-state index is 0.00259. The molecule has 3 heteroatoms. The highest BCUT2D eigenvalue weighted by atomic mass is 16.2. The molecule has 18 heavy (non-hydrogen) atoms. The second kappa shape index (κ2) is 5.42. The molecule has 0 heterocycles. The third-order valence-electron chi connectivity index (χ3n) is 3.93. The Kier molecular flexibility index (Phi) is 3.90. The summed E-state index contributed by atoms with van der Waals surface area (Å²) in [7, 11) is 3.55. The molecule has 1 fully saturated rings. The maximum atomic E-state index is 11.7. The highest BCUT2D eigenvalue weighted by molar-refractivity contribution is 5.73. The highest BCUT2D eigenvalue weighted by Gasteiger charge is 2.35. The Morgan fingerprint density at radius 3 is 2.39 bits per heavy atom. The first-order valence-corrected chi connectivity index (χ1v) is 6.65. The Labute approximate surface area is 109 Å². The Morgan fingerprint density at radius 1 is 1.22 bits per heavy atom. The smallest absolute Gasteiger partial charge is 0.316 e. The number of benzene rings is 1. The molecule has 0 unspecified atom stereocenters. The van der Waals surface area contributed by atoms with E-state index in [1.165, 1.54) is 31.2 Å². The molecule has 1 aliphatic carbocycles. The molecule has 1 aromatic carbocycles. The molecule has 1 aliphatic rings. The van der Waals surface area contributed by atoms with E-state index in [1.54, 1.807) is 19.0 Å². The molecule has 98 valence electrons. The number of urea groups is 1. The number of nitrogens with one attached hydrogen (secondary N) is 1. The summed E-state index contributed by atoms with van der Waals surface area (Å²) in [6, 6.07) is 10.6. The Hall–Kier alpha value is -1.51. The lowest BCUT2D eigenvalue weighted by molar-refractivity contribution is 0.213. The fourth-order valence-electron chi connectivity index (χ4n) is 2.81. The van der Waals surface area contributed by atoms with Gasteiger partial charge in [-0.05, 0) is 18.4 Å². The normalized spacial score (nSPS) is 17.4. The van der Waals surface area contributed by atoms with Gasteiger partial charge in [0.2, 0.25) is 0 Å².